The summed E-state index contributed by atoms with van der Waals surface area (Å²) in [4.78, 5) is 2.15. The summed E-state index contributed by atoms with van der Waals surface area (Å²) in [5.74, 6) is 0.971. The average molecular weight is 258 g/mol. The Hall–Kier alpha value is -1.74. The van der Waals surface area contributed by atoms with Gasteiger partial charge in [0, 0.05) is 26.3 Å². The van der Waals surface area contributed by atoms with E-state index in [0.29, 0.717) is 0 Å². The first-order valence-electron chi connectivity index (χ1n) is 6.61. The fourth-order valence-electron chi connectivity index (χ4n) is 2.14. The van der Waals surface area contributed by atoms with Crippen molar-refractivity contribution in [1.82, 2.24) is 5.32 Å². The van der Waals surface area contributed by atoms with Crippen LogP contribution in [0.2, 0.25) is 0 Å². The minimum Gasteiger partial charge on any atom is -0.468 e. The molecule has 0 saturated heterocycles. The lowest BCUT2D eigenvalue weighted by Crippen LogP contribution is -2.20. The van der Waals surface area contributed by atoms with E-state index in [0.717, 1.165) is 12.3 Å². The molecule has 0 saturated carbocycles. The number of furan rings is 1. The van der Waals surface area contributed by atoms with E-state index < -0.39 is 0 Å². The molecule has 0 aliphatic rings. The highest BCUT2D eigenvalue weighted by atomic mass is 16.3. The summed E-state index contributed by atoms with van der Waals surface area (Å²) in [6.45, 7) is 5.06. The molecule has 0 amide bonds. The van der Waals surface area contributed by atoms with Gasteiger partial charge in [0.15, 0.2) is 0 Å². The van der Waals surface area contributed by atoms with Crippen LogP contribution in [0.4, 0.5) is 5.69 Å². The Morgan fingerprint density at radius 2 is 2.05 bits per heavy atom. The van der Waals surface area contributed by atoms with Crippen molar-refractivity contribution in [3.63, 3.8) is 0 Å². The van der Waals surface area contributed by atoms with Gasteiger partial charge in [-0.3, -0.25) is 0 Å². The Kier molecular flexibility index (Phi) is 4.27. The van der Waals surface area contributed by atoms with Gasteiger partial charge in [0.05, 0.1) is 12.3 Å². The van der Waals surface area contributed by atoms with Crippen LogP contribution in [0.1, 0.15) is 29.9 Å². The minimum atomic E-state index is 0.214. The van der Waals surface area contributed by atoms with Gasteiger partial charge in [0.25, 0.3) is 0 Å². The highest BCUT2D eigenvalue weighted by molar-refractivity contribution is 5.54. The number of nitrogens with one attached hydrogen (secondary N) is 1. The van der Waals surface area contributed by atoms with E-state index in [9.17, 15) is 0 Å². The van der Waals surface area contributed by atoms with Crippen LogP contribution in [0, 0.1) is 6.92 Å². The van der Waals surface area contributed by atoms with E-state index in [2.05, 4.69) is 56.4 Å². The smallest absolute Gasteiger partial charge is 0.120 e. The Bertz CT molecular complexity index is 518. The SMILES string of the molecule is Cc1ccc(CNC(C)c2ccco2)c(N(C)C)c1. The maximum atomic E-state index is 5.41. The van der Waals surface area contributed by atoms with Crippen LogP contribution in [0.5, 0.6) is 0 Å². The fraction of sp³-hybridized carbons (Fsp3) is 0.375. The molecule has 3 heteroatoms. The standard InChI is InChI=1S/C16H22N2O/c1-12-7-8-14(15(10-12)18(3)4)11-17-13(2)16-6-5-9-19-16/h5-10,13,17H,11H2,1-4H3. The van der Waals surface area contributed by atoms with Crippen molar-refractivity contribution < 1.29 is 4.42 Å². The van der Waals surface area contributed by atoms with E-state index in [1.165, 1.54) is 16.8 Å². The molecule has 1 N–H and O–H groups in total. The first-order chi connectivity index (χ1) is 9.08. The third-order valence-corrected chi connectivity index (χ3v) is 3.29. The van der Waals surface area contributed by atoms with Gasteiger partial charge < -0.3 is 14.6 Å². The predicted octanol–water partition coefficient (Wildman–Crippen LogP) is 3.50. The van der Waals surface area contributed by atoms with Crippen molar-refractivity contribution in [2.24, 2.45) is 0 Å². The molecule has 0 radical (unpaired) electrons. The zero-order chi connectivity index (χ0) is 13.8. The Morgan fingerprint density at radius 3 is 2.68 bits per heavy atom. The summed E-state index contributed by atoms with van der Waals surface area (Å²) in [5, 5.41) is 3.50. The Balaban J connectivity index is 2.07. The zero-order valence-corrected chi connectivity index (χ0v) is 12.1. The molecule has 0 aliphatic carbocycles. The lowest BCUT2D eigenvalue weighted by atomic mass is 10.1. The maximum absolute atomic E-state index is 5.41. The summed E-state index contributed by atoms with van der Waals surface area (Å²) < 4.78 is 5.41. The number of hydrogen-bond acceptors (Lipinski definition) is 3. The normalized spacial score (nSPS) is 12.4. The molecule has 0 fully saturated rings. The van der Waals surface area contributed by atoms with Crippen LogP contribution >= 0.6 is 0 Å². The molecule has 102 valence electrons. The summed E-state index contributed by atoms with van der Waals surface area (Å²) in [6, 6.07) is 10.7. The van der Waals surface area contributed by atoms with Crippen molar-refractivity contribution >= 4 is 5.69 Å². The molecule has 2 rings (SSSR count). The molecule has 1 heterocycles. The van der Waals surface area contributed by atoms with E-state index in [-0.39, 0.29) is 6.04 Å². The van der Waals surface area contributed by atoms with Crippen molar-refractivity contribution in [1.29, 1.82) is 0 Å². The molecular formula is C16H22N2O. The molecule has 1 unspecified atom stereocenters. The molecule has 1 aromatic heterocycles. The molecule has 2 aromatic rings. The maximum Gasteiger partial charge on any atom is 0.120 e. The van der Waals surface area contributed by atoms with E-state index >= 15 is 0 Å². The second-order valence-corrected chi connectivity index (χ2v) is 5.14. The fourth-order valence-corrected chi connectivity index (χ4v) is 2.14. The Morgan fingerprint density at radius 1 is 1.26 bits per heavy atom. The van der Waals surface area contributed by atoms with Crippen molar-refractivity contribution in [2.45, 2.75) is 26.4 Å². The average Bonchev–Trinajstić information content (AvgIpc) is 2.90. The number of rotatable bonds is 5. The van der Waals surface area contributed by atoms with Crippen LogP contribution in [0.25, 0.3) is 0 Å². The Labute approximate surface area is 115 Å². The highest BCUT2D eigenvalue weighted by Crippen LogP contribution is 2.21. The lowest BCUT2D eigenvalue weighted by molar-refractivity contribution is 0.430. The molecule has 1 aromatic carbocycles. The first-order valence-corrected chi connectivity index (χ1v) is 6.61. The van der Waals surface area contributed by atoms with Gasteiger partial charge in [0.2, 0.25) is 0 Å². The molecule has 19 heavy (non-hydrogen) atoms. The summed E-state index contributed by atoms with van der Waals surface area (Å²) in [6.07, 6.45) is 1.71. The molecule has 0 aliphatic heterocycles. The number of hydrogen-bond donors (Lipinski definition) is 1. The summed E-state index contributed by atoms with van der Waals surface area (Å²) >= 11 is 0. The monoisotopic (exact) mass is 258 g/mol. The summed E-state index contributed by atoms with van der Waals surface area (Å²) in [5.41, 5.74) is 3.85. The number of anilines is 1. The van der Waals surface area contributed by atoms with Gasteiger partial charge in [0.1, 0.15) is 5.76 Å². The molecule has 3 nitrogen and oxygen atoms in total. The van der Waals surface area contributed by atoms with Crippen LogP contribution in [-0.2, 0) is 6.54 Å². The van der Waals surface area contributed by atoms with Crippen LogP contribution in [0.15, 0.2) is 41.0 Å². The van der Waals surface area contributed by atoms with Crippen LogP contribution in [-0.4, -0.2) is 14.1 Å². The minimum absolute atomic E-state index is 0.214. The quantitative estimate of drug-likeness (QED) is 0.889. The van der Waals surface area contributed by atoms with Gasteiger partial charge >= 0.3 is 0 Å². The summed E-state index contributed by atoms with van der Waals surface area (Å²) in [7, 11) is 4.16. The molecular weight excluding hydrogens is 236 g/mol. The largest absolute Gasteiger partial charge is 0.468 e. The van der Waals surface area contributed by atoms with Gasteiger partial charge in [-0.1, -0.05) is 12.1 Å². The molecule has 0 spiro atoms. The highest BCUT2D eigenvalue weighted by Gasteiger charge is 2.10. The van der Waals surface area contributed by atoms with Gasteiger partial charge in [-0.15, -0.1) is 0 Å². The van der Waals surface area contributed by atoms with Crippen LogP contribution in [0.3, 0.4) is 0 Å². The molecule has 1 atom stereocenters. The third kappa shape index (κ3) is 3.38. The first kappa shape index (κ1) is 13.7. The van der Waals surface area contributed by atoms with Gasteiger partial charge in [-0.05, 0) is 43.2 Å². The number of nitrogens with zero attached hydrogens (tertiary/aromatic N) is 1. The molecule has 0 bridgehead atoms. The van der Waals surface area contributed by atoms with Crippen molar-refractivity contribution in [2.75, 3.05) is 19.0 Å². The van der Waals surface area contributed by atoms with E-state index in [1.807, 2.05) is 12.1 Å². The lowest BCUT2D eigenvalue weighted by Gasteiger charge is -2.20. The van der Waals surface area contributed by atoms with Crippen molar-refractivity contribution in [3.8, 4) is 0 Å². The third-order valence-electron chi connectivity index (χ3n) is 3.29. The number of aryl methyl sites for hydroxylation is 1. The van der Waals surface area contributed by atoms with E-state index in [1.54, 1.807) is 6.26 Å². The predicted molar refractivity (Wildman–Crippen MR) is 79.5 cm³/mol. The second kappa shape index (κ2) is 5.93. The zero-order valence-electron chi connectivity index (χ0n) is 12.1. The van der Waals surface area contributed by atoms with Crippen LogP contribution < -0.4 is 10.2 Å². The van der Waals surface area contributed by atoms with Crippen molar-refractivity contribution in [3.05, 3.63) is 53.5 Å². The van der Waals surface area contributed by atoms with E-state index in [4.69, 9.17) is 4.42 Å². The second-order valence-electron chi connectivity index (χ2n) is 5.14. The van der Waals surface area contributed by atoms with Gasteiger partial charge in [-0.25, -0.2) is 0 Å². The van der Waals surface area contributed by atoms with Gasteiger partial charge in [-0.2, -0.15) is 0 Å². The number of benzene rings is 1. The topological polar surface area (TPSA) is 28.4 Å².